The summed E-state index contributed by atoms with van der Waals surface area (Å²) >= 11 is 3.17. The molecule has 1 amide bonds. The maximum atomic E-state index is 12.9. The molecule has 138 valence electrons. The normalized spacial score (nSPS) is 19.7. The van der Waals surface area contributed by atoms with Crippen molar-refractivity contribution < 1.29 is 18.3 Å². The van der Waals surface area contributed by atoms with Crippen LogP contribution in [0.4, 0.5) is 0 Å². The highest BCUT2D eigenvalue weighted by molar-refractivity contribution is 9.10. The number of benzene rings is 2. The summed E-state index contributed by atoms with van der Waals surface area (Å²) in [5.41, 5.74) is -0.627. The van der Waals surface area contributed by atoms with Crippen LogP contribution in [0.1, 0.15) is 41.3 Å². The third kappa shape index (κ3) is 2.96. The van der Waals surface area contributed by atoms with Gasteiger partial charge < -0.3 is 10.0 Å². The van der Waals surface area contributed by atoms with Crippen molar-refractivity contribution in [2.75, 3.05) is 6.54 Å². The number of hydrogen-bond acceptors (Lipinski definition) is 4. The van der Waals surface area contributed by atoms with Gasteiger partial charge in [-0.3, -0.25) is 4.79 Å². The van der Waals surface area contributed by atoms with E-state index >= 15 is 0 Å². The standard InChI is InChI=1S/C18H19BrN2O4S/c1-2-3-10-21-17(22)13-6-4-5-7-14(13)18(21,23)12-8-9-15(19)16(11-12)26(20,24)25/h4-9,11,23H,2-3,10H2,1H3,(H2,20,24,25). The Morgan fingerprint density at radius 3 is 2.58 bits per heavy atom. The summed E-state index contributed by atoms with van der Waals surface area (Å²) < 4.78 is 24.0. The van der Waals surface area contributed by atoms with Gasteiger partial charge in [-0.05, 0) is 40.5 Å². The van der Waals surface area contributed by atoms with E-state index in [1.54, 1.807) is 30.3 Å². The molecule has 0 radical (unpaired) electrons. The minimum absolute atomic E-state index is 0.143. The number of sulfonamides is 1. The second kappa shape index (κ2) is 6.77. The number of halogens is 1. The summed E-state index contributed by atoms with van der Waals surface area (Å²) in [6, 6.07) is 11.2. The van der Waals surface area contributed by atoms with Gasteiger partial charge in [-0.2, -0.15) is 0 Å². The van der Waals surface area contributed by atoms with Gasteiger partial charge in [0.2, 0.25) is 10.0 Å². The Kier molecular flexibility index (Phi) is 4.96. The fraction of sp³-hybridized carbons (Fsp3) is 0.278. The number of unbranched alkanes of at least 4 members (excludes halogenated alkanes) is 1. The first-order chi connectivity index (χ1) is 12.2. The second-order valence-electron chi connectivity index (χ2n) is 6.22. The molecule has 6 nitrogen and oxygen atoms in total. The first kappa shape index (κ1) is 19.0. The predicted molar refractivity (Wildman–Crippen MR) is 101 cm³/mol. The Morgan fingerprint density at radius 2 is 1.92 bits per heavy atom. The lowest BCUT2D eigenvalue weighted by Crippen LogP contribution is -2.45. The maximum Gasteiger partial charge on any atom is 0.257 e. The molecule has 0 spiro atoms. The molecule has 8 heteroatoms. The Bertz CT molecular complexity index is 977. The Labute approximate surface area is 160 Å². The van der Waals surface area contributed by atoms with Gasteiger partial charge in [-0.15, -0.1) is 0 Å². The molecule has 1 heterocycles. The van der Waals surface area contributed by atoms with Crippen molar-refractivity contribution in [1.29, 1.82) is 0 Å². The van der Waals surface area contributed by atoms with E-state index in [1.807, 2.05) is 6.92 Å². The summed E-state index contributed by atoms with van der Waals surface area (Å²) in [5.74, 6) is -0.281. The van der Waals surface area contributed by atoms with Crippen LogP contribution in [0, 0.1) is 0 Å². The molecule has 0 aliphatic carbocycles. The van der Waals surface area contributed by atoms with Crippen molar-refractivity contribution in [2.24, 2.45) is 5.14 Å². The van der Waals surface area contributed by atoms with E-state index in [4.69, 9.17) is 5.14 Å². The Morgan fingerprint density at radius 1 is 1.23 bits per heavy atom. The zero-order valence-electron chi connectivity index (χ0n) is 14.1. The third-order valence-corrected chi connectivity index (χ3v) is 6.45. The number of aliphatic hydroxyl groups is 1. The molecule has 1 aliphatic rings. The van der Waals surface area contributed by atoms with Crippen LogP contribution in [0.25, 0.3) is 0 Å². The topological polar surface area (TPSA) is 101 Å². The van der Waals surface area contributed by atoms with Crippen LogP contribution in [0.3, 0.4) is 0 Å². The highest BCUT2D eigenvalue weighted by Gasteiger charge is 2.49. The minimum atomic E-state index is -4.00. The molecule has 1 unspecified atom stereocenters. The molecule has 2 aromatic rings. The van der Waals surface area contributed by atoms with Crippen LogP contribution in [0.2, 0.25) is 0 Å². The Balaban J connectivity index is 2.24. The van der Waals surface area contributed by atoms with Gasteiger partial charge in [-0.1, -0.05) is 37.6 Å². The lowest BCUT2D eigenvalue weighted by atomic mass is 9.93. The summed E-state index contributed by atoms with van der Waals surface area (Å²) in [5, 5.41) is 16.9. The largest absolute Gasteiger partial charge is 0.363 e. The smallest absolute Gasteiger partial charge is 0.257 e. The third-order valence-electron chi connectivity index (χ3n) is 4.54. The highest BCUT2D eigenvalue weighted by Crippen LogP contribution is 2.43. The molecule has 1 aliphatic heterocycles. The van der Waals surface area contributed by atoms with Gasteiger partial charge in [0, 0.05) is 27.7 Å². The number of hydrogen-bond donors (Lipinski definition) is 2. The summed E-state index contributed by atoms with van der Waals surface area (Å²) in [4.78, 5) is 14.1. The quantitative estimate of drug-likeness (QED) is 0.748. The van der Waals surface area contributed by atoms with Gasteiger partial charge >= 0.3 is 0 Å². The molecule has 3 rings (SSSR count). The number of fused-ring (bicyclic) bond motifs is 1. The molecule has 0 saturated carbocycles. The predicted octanol–water partition coefficient (Wildman–Crippen LogP) is 2.55. The molecule has 0 bridgehead atoms. The first-order valence-electron chi connectivity index (χ1n) is 8.18. The van der Waals surface area contributed by atoms with Gasteiger partial charge in [0.15, 0.2) is 5.72 Å². The summed E-state index contributed by atoms with van der Waals surface area (Å²) in [6.45, 7) is 2.34. The molecular formula is C18H19BrN2O4S. The number of carbonyl (C=O) groups is 1. The van der Waals surface area contributed by atoms with Crippen molar-refractivity contribution in [2.45, 2.75) is 30.4 Å². The van der Waals surface area contributed by atoms with Crippen molar-refractivity contribution in [3.8, 4) is 0 Å². The van der Waals surface area contributed by atoms with Crippen LogP contribution in [0.15, 0.2) is 51.8 Å². The lowest BCUT2D eigenvalue weighted by Gasteiger charge is -2.35. The Hall–Kier alpha value is -1.74. The van der Waals surface area contributed by atoms with Gasteiger partial charge in [0.1, 0.15) is 0 Å². The van der Waals surface area contributed by atoms with E-state index in [0.29, 0.717) is 28.6 Å². The first-order valence-corrected chi connectivity index (χ1v) is 10.5. The number of nitrogens with two attached hydrogens (primary N) is 1. The molecule has 2 aromatic carbocycles. The van der Waals surface area contributed by atoms with Crippen molar-refractivity contribution in [3.63, 3.8) is 0 Å². The van der Waals surface area contributed by atoms with E-state index in [-0.39, 0.29) is 16.4 Å². The lowest BCUT2D eigenvalue weighted by molar-refractivity contribution is -0.0504. The number of amides is 1. The van der Waals surface area contributed by atoms with Gasteiger partial charge in [0.05, 0.1) is 4.90 Å². The highest BCUT2D eigenvalue weighted by atomic mass is 79.9. The number of rotatable bonds is 5. The van der Waals surface area contributed by atoms with E-state index in [2.05, 4.69) is 15.9 Å². The van der Waals surface area contributed by atoms with Crippen molar-refractivity contribution >= 4 is 31.9 Å². The fourth-order valence-electron chi connectivity index (χ4n) is 3.24. The SMILES string of the molecule is CCCCN1C(=O)c2ccccc2C1(O)c1ccc(Br)c(S(N)(=O)=O)c1. The number of primary sulfonamides is 1. The van der Waals surface area contributed by atoms with E-state index in [0.717, 1.165) is 6.42 Å². The van der Waals surface area contributed by atoms with Crippen LogP contribution in [0.5, 0.6) is 0 Å². The maximum absolute atomic E-state index is 12.9. The molecule has 0 aromatic heterocycles. The number of carbonyl (C=O) groups excluding carboxylic acids is 1. The van der Waals surface area contributed by atoms with Crippen LogP contribution in [-0.4, -0.2) is 30.9 Å². The van der Waals surface area contributed by atoms with E-state index < -0.39 is 15.7 Å². The molecule has 3 N–H and O–H groups in total. The van der Waals surface area contributed by atoms with E-state index in [1.165, 1.54) is 17.0 Å². The molecule has 26 heavy (non-hydrogen) atoms. The van der Waals surface area contributed by atoms with Crippen molar-refractivity contribution in [1.82, 2.24) is 4.90 Å². The van der Waals surface area contributed by atoms with Crippen LogP contribution < -0.4 is 5.14 Å². The van der Waals surface area contributed by atoms with Gasteiger partial charge in [0.25, 0.3) is 5.91 Å². The molecule has 1 atom stereocenters. The zero-order chi connectivity index (χ0) is 19.1. The molecular weight excluding hydrogens is 420 g/mol. The van der Waals surface area contributed by atoms with Crippen LogP contribution in [-0.2, 0) is 15.7 Å². The number of nitrogens with zero attached hydrogens (tertiary/aromatic N) is 1. The zero-order valence-corrected chi connectivity index (χ0v) is 16.5. The average Bonchev–Trinajstić information content (AvgIpc) is 2.81. The fourth-order valence-corrected chi connectivity index (χ4v) is 4.80. The molecule has 0 fully saturated rings. The minimum Gasteiger partial charge on any atom is -0.363 e. The molecule has 0 saturated heterocycles. The summed E-state index contributed by atoms with van der Waals surface area (Å²) in [7, 11) is -4.00. The van der Waals surface area contributed by atoms with Gasteiger partial charge in [-0.25, -0.2) is 13.6 Å². The summed E-state index contributed by atoms with van der Waals surface area (Å²) in [6.07, 6.45) is 1.56. The van der Waals surface area contributed by atoms with Crippen molar-refractivity contribution in [3.05, 3.63) is 63.6 Å². The second-order valence-corrected chi connectivity index (χ2v) is 8.60. The van der Waals surface area contributed by atoms with E-state index in [9.17, 15) is 18.3 Å². The van der Waals surface area contributed by atoms with Crippen LogP contribution >= 0.6 is 15.9 Å². The monoisotopic (exact) mass is 438 g/mol. The average molecular weight is 439 g/mol.